The molecule has 0 unspecified atom stereocenters. The Morgan fingerprint density at radius 3 is 2.81 bits per heavy atom. The average molecular weight is 287 g/mol. The highest BCUT2D eigenvalue weighted by molar-refractivity contribution is 5.79. The monoisotopic (exact) mass is 287 g/mol. The van der Waals surface area contributed by atoms with Crippen LogP contribution in [0.4, 0.5) is 0 Å². The van der Waals surface area contributed by atoms with E-state index in [0.717, 1.165) is 18.4 Å². The van der Waals surface area contributed by atoms with Crippen LogP contribution in [0.5, 0.6) is 0 Å². The van der Waals surface area contributed by atoms with Crippen LogP contribution in [0.25, 0.3) is 0 Å². The van der Waals surface area contributed by atoms with Crippen LogP contribution in [0.3, 0.4) is 0 Å². The maximum Gasteiger partial charge on any atom is 0.234 e. The lowest BCUT2D eigenvalue weighted by Gasteiger charge is -2.26. The first-order chi connectivity index (χ1) is 10.2. The van der Waals surface area contributed by atoms with Crippen LogP contribution >= 0.6 is 0 Å². The van der Waals surface area contributed by atoms with Crippen LogP contribution in [0.2, 0.25) is 0 Å². The molecule has 0 spiro atoms. The molecule has 3 rings (SSSR count). The lowest BCUT2D eigenvalue weighted by Crippen LogP contribution is -2.44. The van der Waals surface area contributed by atoms with Crippen molar-refractivity contribution in [3.8, 4) is 0 Å². The molecule has 0 aliphatic carbocycles. The summed E-state index contributed by atoms with van der Waals surface area (Å²) >= 11 is 0. The molecule has 2 N–H and O–H groups in total. The van der Waals surface area contributed by atoms with Gasteiger partial charge >= 0.3 is 0 Å². The molecule has 2 aliphatic heterocycles. The van der Waals surface area contributed by atoms with E-state index in [1.165, 1.54) is 0 Å². The first kappa shape index (κ1) is 14.1. The van der Waals surface area contributed by atoms with E-state index in [0.29, 0.717) is 32.1 Å². The van der Waals surface area contributed by atoms with E-state index >= 15 is 0 Å². The van der Waals surface area contributed by atoms with Crippen molar-refractivity contribution in [3.63, 3.8) is 0 Å². The summed E-state index contributed by atoms with van der Waals surface area (Å²) in [6, 6.07) is 10.4. The van der Waals surface area contributed by atoms with Gasteiger partial charge in [-0.05, 0) is 18.4 Å². The molecular formula is C16H21N3O2. The van der Waals surface area contributed by atoms with Gasteiger partial charge in [-0.2, -0.15) is 0 Å². The first-order valence-corrected chi connectivity index (χ1v) is 7.55. The number of carbonyl (C=O) groups excluding carboxylic acids is 2. The third-order valence-electron chi connectivity index (χ3n) is 4.39. The van der Waals surface area contributed by atoms with Gasteiger partial charge in [0.2, 0.25) is 11.8 Å². The van der Waals surface area contributed by atoms with E-state index in [1.54, 1.807) is 0 Å². The van der Waals surface area contributed by atoms with E-state index in [9.17, 15) is 9.59 Å². The van der Waals surface area contributed by atoms with Gasteiger partial charge in [-0.15, -0.1) is 0 Å². The number of benzene rings is 1. The molecule has 21 heavy (non-hydrogen) atoms. The second-order valence-corrected chi connectivity index (χ2v) is 5.83. The first-order valence-electron chi connectivity index (χ1n) is 7.55. The van der Waals surface area contributed by atoms with Crippen LogP contribution in [0, 0.1) is 0 Å². The minimum Gasteiger partial charge on any atom is -0.354 e. The lowest BCUT2D eigenvalue weighted by molar-refractivity contribution is -0.124. The zero-order valence-electron chi connectivity index (χ0n) is 12.0. The topological polar surface area (TPSA) is 61.4 Å². The third kappa shape index (κ3) is 3.42. The second-order valence-electron chi connectivity index (χ2n) is 5.83. The Morgan fingerprint density at radius 1 is 1.24 bits per heavy atom. The number of nitrogens with zero attached hydrogens (tertiary/aromatic N) is 1. The van der Waals surface area contributed by atoms with Gasteiger partial charge in [0.05, 0.1) is 6.54 Å². The molecule has 1 aromatic rings. The van der Waals surface area contributed by atoms with Crippen LogP contribution in [0.1, 0.15) is 24.8 Å². The fraction of sp³-hybridized carbons (Fsp3) is 0.500. The molecule has 2 aliphatic rings. The largest absolute Gasteiger partial charge is 0.354 e. The van der Waals surface area contributed by atoms with Gasteiger partial charge in [-0.1, -0.05) is 30.3 Å². The van der Waals surface area contributed by atoms with Crippen molar-refractivity contribution in [3.05, 3.63) is 35.9 Å². The van der Waals surface area contributed by atoms with Crippen molar-refractivity contribution < 1.29 is 9.59 Å². The van der Waals surface area contributed by atoms with Gasteiger partial charge in [0, 0.05) is 31.6 Å². The van der Waals surface area contributed by atoms with Crippen molar-refractivity contribution in [2.75, 3.05) is 13.1 Å². The molecule has 5 heteroatoms. The van der Waals surface area contributed by atoms with E-state index in [4.69, 9.17) is 0 Å². The fourth-order valence-electron chi connectivity index (χ4n) is 3.25. The Kier molecular flexibility index (Phi) is 4.20. The standard InChI is InChI=1S/C16H21N3O2/c20-15-8-13-6-7-14(10-18-15)19(13)11-16(21)17-9-12-4-2-1-3-5-12/h1-5,13-14H,6-11H2,(H,17,21)(H,18,20)/t13-,14+/m1/s1. The Hall–Kier alpha value is -1.88. The molecular weight excluding hydrogens is 266 g/mol. The quantitative estimate of drug-likeness (QED) is 0.855. The predicted octanol–water partition coefficient (Wildman–Crippen LogP) is 0.656. The smallest absolute Gasteiger partial charge is 0.234 e. The second kappa shape index (κ2) is 6.26. The summed E-state index contributed by atoms with van der Waals surface area (Å²) in [7, 11) is 0. The number of carbonyl (C=O) groups is 2. The van der Waals surface area contributed by atoms with Crippen molar-refractivity contribution >= 4 is 11.8 Å². The van der Waals surface area contributed by atoms with Gasteiger partial charge in [0.1, 0.15) is 0 Å². The lowest BCUT2D eigenvalue weighted by atomic mass is 10.1. The summed E-state index contributed by atoms with van der Waals surface area (Å²) in [5.74, 6) is 0.141. The summed E-state index contributed by atoms with van der Waals surface area (Å²) in [4.78, 5) is 25.9. The molecule has 2 saturated heterocycles. The van der Waals surface area contributed by atoms with Crippen LogP contribution < -0.4 is 10.6 Å². The van der Waals surface area contributed by atoms with Gasteiger partial charge in [-0.3, -0.25) is 14.5 Å². The fourth-order valence-corrected chi connectivity index (χ4v) is 3.25. The number of amides is 2. The molecule has 0 saturated carbocycles. The predicted molar refractivity (Wildman–Crippen MR) is 79.4 cm³/mol. The molecule has 0 radical (unpaired) electrons. The minimum absolute atomic E-state index is 0.0325. The highest BCUT2D eigenvalue weighted by atomic mass is 16.2. The van der Waals surface area contributed by atoms with Crippen LogP contribution in [-0.4, -0.2) is 41.9 Å². The van der Waals surface area contributed by atoms with Crippen molar-refractivity contribution in [2.24, 2.45) is 0 Å². The molecule has 2 atom stereocenters. The van der Waals surface area contributed by atoms with Crippen molar-refractivity contribution in [2.45, 2.75) is 37.9 Å². The zero-order valence-corrected chi connectivity index (χ0v) is 12.0. The summed E-state index contributed by atoms with van der Waals surface area (Å²) in [6.07, 6.45) is 2.60. The Bertz CT molecular complexity index is 518. The van der Waals surface area contributed by atoms with Gasteiger partial charge in [-0.25, -0.2) is 0 Å². The molecule has 2 heterocycles. The maximum atomic E-state index is 12.1. The number of fused-ring (bicyclic) bond motifs is 2. The molecule has 1 aromatic carbocycles. The van der Waals surface area contributed by atoms with E-state index in [-0.39, 0.29) is 17.9 Å². The van der Waals surface area contributed by atoms with Gasteiger partial charge in [0.25, 0.3) is 0 Å². The van der Waals surface area contributed by atoms with Gasteiger partial charge in [0.15, 0.2) is 0 Å². The Labute approximate surface area is 124 Å². The summed E-state index contributed by atoms with van der Waals surface area (Å²) in [5, 5.41) is 5.89. The van der Waals surface area contributed by atoms with E-state index in [1.807, 2.05) is 30.3 Å². The number of hydrogen-bond donors (Lipinski definition) is 2. The number of nitrogens with one attached hydrogen (secondary N) is 2. The highest BCUT2D eigenvalue weighted by Crippen LogP contribution is 2.27. The zero-order chi connectivity index (χ0) is 14.7. The highest BCUT2D eigenvalue weighted by Gasteiger charge is 2.38. The van der Waals surface area contributed by atoms with Crippen molar-refractivity contribution in [1.82, 2.24) is 15.5 Å². The van der Waals surface area contributed by atoms with E-state index in [2.05, 4.69) is 15.5 Å². The number of rotatable bonds is 4. The normalized spacial score (nSPS) is 25.2. The van der Waals surface area contributed by atoms with Crippen LogP contribution in [0.15, 0.2) is 30.3 Å². The van der Waals surface area contributed by atoms with Crippen LogP contribution in [-0.2, 0) is 16.1 Å². The van der Waals surface area contributed by atoms with Gasteiger partial charge < -0.3 is 10.6 Å². The average Bonchev–Trinajstić information content (AvgIpc) is 2.77. The SMILES string of the molecule is O=C1C[C@H]2CC[C@@H](CN1)N2CC(=O)NCc1ccccc1. The molecule has 0 aromatic heterocycles. The maximum absolute atomic E-state index is 12.1. The number of hydrogen-bond acceptors (Lipinski definition) is 3. The molecule has 2 amide bonds. The summed E-state index contributed by atoms with van der Waals surface area (Å²) in [6.45, 7) is 1.61. The third-order valence-corrected chi connectivity index (χ3v) is 4.39. The summed E-state index contributed by atoms with van der Waals surface area (Å²) < 4.78 is 0. The van der Waals surface area contributed by atoms with Crippen molar-refractivity contribution in [1.29, 1.82) is 0 Å². The molecule has 5 nitrogen and oxygen atoms in total. The molecule has 2 fully saturated rings. The Balaban J connectivity index is 1.54. The molecule has 2 bridgehead atoms. The summed E-state index contributed by atoms with van der Waals surface area (Å²) in [5.41, 5.74) is 1.10. The molecule has 112 valence electrons. The minimum atomic E-state index is 0.0325. The Morgan fingerprint density at radius 2 is 2.00 bits per heavy atom. The van der Waals surface area contributed by atoms with E-state index < -0.39 is 0 Å².